The fraction of sp³-hybridized carbons (Fsp3) is 0.323. The zero-order valence-electron chi connectivity index (χ0n) is 21.6. The van der Waals surface area contributed by atoms with Gasteiger partial charge in [-0.05, 0) is 84.3 Å². The van der Waals surface area contributed by atoms with Gasteiger partial charge in [0.1, 0.15) is 5.75 Å². The molecule has 0 saturated carbocycles. The molecular formula is C31H34N4O3. The normalized spacial score (nSPS) is 15.7. The van der Waals surface area contributed by atoms with Crippen LogP contribution in [0.4, 0.5) is 0 Å². The molecule has 0 atom stereocenters. The quantitative estimate of drug-likeness (QED) is 0.360. The summed E-state index contributed by atoms with van der Waals surface area (Å²) in [5.74, 6) is 0.407. The van der Waals surface area contributed by atoms with Gasteiger partial charge < -0.3 is 9.64 Å². The molecule has 7 nitrogen and oxygen atoms in total. The summed E-state index contributed by atoms with van der Waals surface area (Å²) in [6, 6.07) is 23.6. The maximum absolute atomic E-state index is 12.5. The van der Waals surface area contributed by atoms with Crippen LogP contribution in [0.15, 0.2) is 77.9 Å². The Labute approximate surface area is 224 Å². The lowest BCUT2D eigenvalue weighted by molar-refractivity contribution is -0.134. The summed E-state index contributed by atoms with van der Waals surface area (Å²) in [5, 5.41) is 4.09. The number of rotatable bonds is 8. The number of nitrogens with zero attached hydrogens (tertiary/aromatic N) is 3. The molecule has 5 rings (SSSR count). The molecule has 3 aromatic carbocycles. The van der Waals surface area contributed by atoms with Crippen LogP contribution < -0.4 is 10.2 Å². The molecular weight excluding hydrogens is 476 g/mol. The minimum atomic E-state index is -0.254. The zero-order chi connectivity index (χ0) is 26.2. The summed E-state index contributed by atoms with van der Waals surface area (Å²) < 4.78 is 5.64. The van der Waals surface area contributed by atoms with Crippen LogP contribution in [0.25, 0.3) is 0 Å². The van der Waals surface area contributed by atoms with E-state index in [2.05, 4.69) is 39.7 Å². The topological polar surface area (TPSA) is 74.2 Å². The van der Waals surface area contributed by atoms with Crippen LogP contribution in [0.5, 0.6) is 5.75 Å². The molecule has 38 heavy (non-hydrogen) atoms. The molecule has 2 aliphatic rings. The first-order valence-corrected chi connectivity index (χ1v) is 13.4. The van der Waals surface area contributed by atoms with E-state index in [1.54, 1.807) is 18.3 Å². The fourth-order valence-corrected chi connectivity index (χ4v) is 4.97. The van der Waals surface area contributed by atoms with E-state index < -0.39 is 0 Å². The van der Waals surface area contributed by atoms with E-state index in [9.17, 15) is 9.59 Å². The molecule has 2 heterocycles. The number of hydrogen-bond acceptors (Lipinski definition) is 5. The molecule has 196 valence electrons. The second-order valence-corrected chi connectivity index (χ2v) is 9.92. The molecule has 1 N–H and O–H groups in total. The fourth-order valence-electron chi connectivity index (χ4n) is 4.97. The van der Waals surface area contributed by atoms with E-state index in [0.717, 1.165) is 57.5 Å². The van der Waals surface area contributed by atoms with Gasteiger partial charge >= 0.3 is 0 Å². The summed E-state index contributed by atoms with van der Waals surface area (Å²) in [7, 11) is 0. The Balaban J connectivity index is 1.06. The number of amides is 2. The van der Waals surface area contributed by atoms with Gasteiger partial charge in [0.25, 0.3) is 11.8 Å². The number of benzene rings is 3. The summed E-state index contributed by atoms with van der Waals surface area (Å²) in [6.07, 6.45) is 5.98. The number of carbonyl (C=O) groups is 2. The van der Waals surface area contributed by atoms with Crippen molar-refractivity contribution in [3.8, 4) is 5.75 Å². The highest BCUT2D eigenvalue weighted by Gasteiger charge is 2.17. The third kappa shape index (κ3) is 6.86. The molecule has 7 heteroatoms. The lowest BCUT2D eigenvalue weighted by atomic mass is 9.99. The van der Waals surface area contributed by atoms with Crippen LogP contribution in [0.3, 0.4) is 0 Å². The summed E-state index contributed by atoms with van der Waals surface area (Å²) in [5.41, 5.74) is 8.00. The minimum Gasteiger partial charge on any atom is -0.484 e. The Morgan fingerprint density at radius 1 is 0.868 bits per heavy atom. The van der Waals surface area contributed by atoms with E-state index in [-0.39, 0.29) is 18.4 Å². The third-order valence-electron chi connectivity index (χ3n) is 7.16. The van der Waals surface area contributed by atoms with Crippen LogP contribution in [0.2, 0.25) is 0 Å². The molecule has 0 radical (unpaired) electrons. The number of hydrogen-bond donors (Lipinski definition) is 1. The maximum atomic E-state index is 12.5. The van der Waals surface area contributed by atoms with E-state index in [1.807, 2.05) is 41.3 Å². The molecule has 0 bridgehead atoms. The first-order valence-electron chi connectivity index (χ1n) is 13.4. The van der Waals surface area contributed by atoms with Gasteiger partial charge in [0.05, 0.1) is 6.21 Å². The van der Waals surface area contributed by atoms with Gasteiger partial charge in [0.15, 0.2) is 6.61 Å². The smallest absolute Gasteiger partial charge is 0.271 e. The van der Waals surface area contributed by atoms with Gasteiger partial charge in [-0.2, -0.15) is 5.10 Å². The SMILES string of the molecule is O=C(NN=Cc1ccc(OCC(=O)N2CCCCC2)cc1)c1ccc(CN2CCc3ccccc3C2)cc1. The highest BCUT2D eigenvalue weighted by Crippen LogP contribution is 2.20. The lowest BCUT2D eigenvalue weighted by Gasteiger charge is -2.28. The lowest BCUT2D eigenvalue weighted by Crippen LogP contribution is -2.38. The monoisotopic (exact) mass is 510 g/mol. The maximum Gasteiger partial charge on any atom is 0.271 e. The van der Waals surface area contributed by atoms with E-state index in [1.165, 1.54) is 23.1 Å². The first-order chi connectivity index (χ1) is 18.6. The molecule has 0 spiro atoms. The van der Waals surface area contributed by atoms with Crippen LogP contribution in [-0.2, 0) is 24.3 Å². The van der Waals surface area contributed by atoms with Crippen molar-refractivity contribution in [3.63, 3.8) is 0 Å². The van der Waals surface area contributed by atoms with Crippen molar-refractivity contribution in [1.82, 2.24) is 15.2 Å². The van der Waals surface area contributed by atoms with Crippen molar-refractivity contribution in [3.05, 3.63) is 101 Å². The highest BCUT2D eigenvalue weighted by molar-refractivity contribution is 5.94. The second-order valence-electron chi connectivity index (χ2n) is 9.92. The van der Waals surface area contributed by atoms with Gasteiger partial charge in [-0.1, -0.05) is 36.4 Å². The summed E-state index contributed by atoms with van der Waals surface area (Å²) >= 11 is 0. The van der Waals surface area contributed by atoms with E-state index in [0.29, 0.717) is 11.3 Å². The predicted molar refractivity (Wildman–Crippen MR) is 148 cm³/mol. The molecule has 2 aliphatic heterocycles. The van der Waals surface area contributed by atoms with Gasteiger partial charge in [-0.15, -0.1) is 0 Å². The van der Waals surface area contributed by atoms with Crippen LogP contribution in [0.1, 0.15) is 51.9 Å². The van der Waals surface area contributed by atoms with E-state index in [4.69, 9.17) is 4.74 Å². The molecule has 3 aromatic rings. The number of carbonyl (C=O) groups excluding carboxylic acids is 2. The van der Waals surface area contributed by atoms with Crippen LogP contribution in [0, 0.1) is 0 Å². The van der Waals surface area contributed by atoms with Gasteiger partial charge in [0.2, 0.25) is 0 Å². The predicted octanol–water partition coefficient (Wildman–Crippen LogP) is 4.40. The molecule has 0 aliphatic carbocycles. The average Bonchev–Trinajstić information content (AvgIpc) is 2.97. The van der Waals surface area contributed by atoms with Crippen molar-refractivity contribution >= 4 is 18.0 Å². The Morgan fingerprint density at radius 3 is 2.37 bits per heavy atom. The number of piperidine rings is 1. The first kappa shape index (κ1) is 25.7. The summed E-state index contributed by atoms with van der Waals surface area (Å²) in [6.45, 7) is 4.55. The molecule has 1 saturated heterocycles. The molecule has 2 amide bonds. The van der Waals surface area contributed by atoms with Crippen LogP contribution in [-0.4, -0.2) is 54.1 Å². The largest absolute Gasteiger partial charge is 0.484 e. The van der Waals surface area contributed by atoms with Crippen molar-refractivity contribution < 1.29 is 14.3 Å². The Morgan fingerprint density at radius 2 is 1.61 bits per heavy atom. The summed E-state index contributed by atoms with van der Waals surface area (Å²) in [4.78, 5) is 29.1. The standard InChI is InChI=1S/C31H34N4O3/c36-30(35-17-4-1-5-18-35)23-38-29-14-10-24(11-15-29)20-32-33-31(37)27-12-8-25(9-13-27)21-34-19-16-26-6-2-3-7-28(26)22-34/h2-3,6-15,20H,1,4-5,16-19,21-23H2,(H,33,37). The minimum absolute atomic E-state index is 0.0309. The number of nitrogens with one attached hydrogen (secondary N) is 1. The van der Waals surface area contributed by atoms with Gasteiger partial charge in [0, 0.05) is 38.3 Å². The second kappa shape index (κ2) is 12.5. The van der Waals surface area contributed by atoms with Crippen molar-refractivity contribution in [2.45, 2.75) is 38.8 Å². The number of hydrazone groups is 1. The van der Waals surface area contributed by atoms with E-state index >= 15 is 0 Å². The van der Waals surface area contributed by atoms with Gasteiger partial charge in [-0.25, -0.2) is 5.43 Å². The Bertz CT molecular complexity index is 1270. The van der Waals surface area contributed by atoms with Gasteiger partial charge in [-0.3, -0.25) is 14.5 Å². The molecule has 1 fully saturated rings. The van der Waals surface area contributed by atoms with Crippen LogP contribution >= 0.6 is 0 Å². The Kier molecular flexibility index (Phi) is 8.46. The molecule has 0 unspecified atom stereocenters. The average molecular weight is 511 g/mol. The third-order valence-corrected chi connectivity index (χ3v) is 7.16. The molecule has 0 aromatic heterocycles. The number of fused-ring (bicyclic) bond motifs is 1. The van der Waals surface area contributed by atoms with Crippen molar-refractivity contribution in [2.24, 2.45) is 5.10 Å². The zero-order valence-corrected chi connectivity index (χ0v) is 21.6. The van der Waals surface area contributed by atoms with Crippen molar-refractivity contribution in [1.29, 1.82) is 0 Å². The number of likely N-dealkylation sites (tertiary alicyclic amines) is 1. The number of ether oxygens (including phenoxy) is 1. The Hall–Kier alpha value is -3.97. The highest BCUT2D eigenvalue weighted by atomic mass is 16.5. The van der Waals surface area contributed by atoms with Crippen molar-refractivity contribution in [2.75, 3.05) is 26.2 Å².